The molecular weight excluding hydrogens is 436 g/mol. The second-order valence-electron chi connectivity index (χ2n) is 6.56. The van der Waals surface area contributed by atoms with Crippen LogP contribution in [0.5, 0.6) is 11.5 Å². The molecule has 2 aromatic rings. The van der Waals surface area contributed by atoms with E-state index < -0.39 is 11.8 Å². The van der Waals surface area contributed by atoms with Crippen LogP contribution in [0.25, 0.3) is 6.08 Å². The van der Waals surface area contributed by atoms with Gasteiger partial charge in [-0.25, -0.2) is 0 Å². The third-order valence-corrected chi connectivity index (χ3v) is 4.97. The van der Waals surface area contributed by atoms with Crippen LogP contribution in [-0.4, -0.2) is 35.0 Å². The second kappa shape index (κ2) is 10.2. The molecule has 0 bridgehead atoms. The third kappa shape index (κ3) is 5.31. The molecule has 1 heterocycles. The number of nitrogens with one attached hydrogen (secondary N) is 1. The second-order valence-corrected chi connectivity index (χ2v) is 7.35. The topological polar surface area (TPSA) is 67.9 Å². The van der Waals surface area contributed by atoms with Crippen LogP contribution in [0, 0.1) is 0 Å². The SMILES string of the molecule is C=CCN1C(=O)/C(=C/c2cc(Cl)c(OCc3ccccc3)c(OCC)c2)C(=O)NC1=S. The maximum atomic E-state index is 12.7. The lowest BCUT2D eigenvalue weighted by molar-refractivity contribution is -0.128. The van der Waals surface area contributed by atoms with Gasteiger partial charge in [-0.2, -0.15) is 0 Å². The minimum atomic E-state index is -0.575. The number of hydrogen-bond donors (Lipinski definition) is 1. The molecule has 0 atom stereocenters. The van der Waals surface area contributed by atoms with Gasteiger partial charge in [0.2, 0.25) is 0 Å². The van der Waals surface area contributed by atoms with Gasteiger partial charge < -0.3 is 9.47 Å². The van der Waals surface area contributed by atoms with Gasteiger partial charge in [0, 0.05) is 6.54 Å². The van der Waals surface area contributed by atoms with Crippen molar-refractivity contribution in [3.8, 4) is 11.5 Å². The number of amides is 2. The van der Waals surface area contributed by atoms with Crippen molar-refractivity contribution in [1.82, 2.24) is 10.2 Å². The molecule has 1 saturated heterocycles. The van der Waals surface area contributed by atoms with E-state index in [0.717, 1.165) is 5.56 Å². The normalized spacial score (nSPS) is 15.1. The summed E-state index contributed by atoms with van der Waals surface area (Å²) in [5.74, 6) is -0.274. The monoisotopic (exact) mass is 456 g/mol. The summed E-state index contributed by atoms with van der Waals surface area (Å²) in [6.45, 7) is 6.34. The van der Waals surface area contributed by atoms with Crippen LogP contribution in [0.15, 0.2) is 60.7 Å². The maximum absolute atomic E-state index is 12.7. The maximum Gasteiger partial charge on any atom is 0.265 e. The number of carbonyl (C=O) groups excluding carboxylic acids is 2. The molecule has 31 heavy (non-hydrogen) atoms. The number of thiocarbonyl (C=S) groups is 1. The Bertz CT molecular complexity index is 1050. The van der Waals surface area contributed by atoms with E-state index in [4.69, 9.17) is 33.3 Å². The Labute approximate surface area is 191 Å². The molecule has 1 fully saturated rings. The lowest BCUT2D eigenvalue weighted by atomic mass is 10.1. The van der Waals surface area contributed by atoms with Crippen molar-refractivity contribution in [3.63, 3.8) is 0 Å². The molecule has 0 spiro atoms. The Morgan fingerprint density at radius 2 is 1.94 bits per heavy atom. The molecule has 0 unspecified atom stereocenters. The first-order valence-corrected chi connectivity index (χ1v) is 10.4. The van der Waals surface area contributed by atoms with Crippen LogP contribution in [0.1, 0.15) is 18.1 Å². The van der Waals surface area contributed by atoms with Crippen molar-refractivity contribution in [2.75, 3.05) is 13.2 Å². The minimum absolute atomic E-state index is 0.0461. The molecule has 160 valence electrons. The van der Waals surface area contributed by atoms with Gasteiger partial charge in [-0.3, -0.25) is 19.8 Å². The summed E-state index contributed by atoms with van der Waals surface area (Å²) >= 11 is 11.5. The van der Waals surface area contributed by atoms with E-state index in [9.17, 15) is 9.59 Å². The molecule has 2 amide bonds. The van der Waals surface area contributed by atoms with Gasteiger partial charge >= 0.3 is 0 Å². The smallest absolute Gasteiger partial charge is 0.265 e. The van der Waals surface area contributed by atoms with Crippen molar-refractivity contribution in [3.05, 3.63) is 76.8 Å². The zero-order chi connectivity index (χ0) is 22.4. The molecule has 1 N–H and O–H groups in total. The zero-order valence-corrected chi connectivity index (χ0v) is 18.5. The average molecular weight is 457 g/mol. The quantitative estimate of drug-likeness (QED) is 0.280. The van der Waals surface area contributed by atoms with E-state index in [0.29, 0.717) is 35.3 Å². The van der Waals surface area contributed by atoms with Crippen molar-refractivity contribution >= 4 is 46.8 Å². The molecule has 0 aliphatic carbocycles. The molecule has 2 aromatic carbocycles. The van der Waals surface area contributed by atoms with Crippen LogP contribution in [0.4, 0.5) is 0 Å². The molecule has 1 aliphatic heterocycles. The van der Waals surface area contributed by atoms with Crippen molar-refractivity contribution < 1.29 is 19.1 Å². The van der Waals surface area contributed by atoms with Crippen molar-refractivity contribution in [2.24, 2.45) is 0 Å². The molecule has 0 radical (unpaired) electrons. The number of rotatable bonds is 8. The Morgan fingerprint density at radius 1 is 1.19 bits per heavy atom. The fraction of sp³-hybridized carbons (Fsp3) is 0.174. The number of nitrogens with zero attached hydrogens (tertiary/aromatic N) is 1. The highest BCUT2D eigenvalue weighted by Crippen LogP contribution is 2.38. The summed E-state index contributed by atoms with van der Waals surface area (Å²) in [5.41, 5.74) is 1.44. The molecule has 0 aromatic heterocycles. The van der Waals surface area contributed by atoms with Gasteiger partial charge in [0.15, 0.2) is 16.6 Å². The lowest BCUT2D eigenvalue weighted by Crippen LogP contribution is -2.53. The Balaban J connectivity index is 1.92. The Kier molecular flexibility index (Phi) is 7.44. The first-order chi connectivity index (χ1) is 14.9. The van der Waals surface area contributed by atoms with Crippen LogP contribution in [0.2, 0.25) is 5.02 Å². The summed E-state index contributed by atoms with van der Waals surface area (Å²) < 4.78 is 11.6. The van der Waals surface area contributed by atoms with Crippen LogP contribution in [0.3, 0.4) is 0 Å². The molecule has 8 heteroatoms. The van der Waals surface area contributed by atoms with Crippen molar-refractivity contribution in [2.45, 2.75) is 13.5 Å². The first-order valence-electron chi connectivity index (χ1n) is 9.57. The highest BCUT2D eigenvalue weighted by atomic mass is 35.5. The zero-order valence-electron chi connectivity index (χ0n) is 16.9. The molecule has 3 rings (SSSR count). The van der Waals surface area contributed by atoms with Crippen LogP contribution < -0.4 is 14.8 Å². The molecule has 6 nitrogen and oxygen atoms in total. The Morgan fingerprint density at radius 3 is 2.61 bits per heavy atom. The molecule has 1 aliphatic rings. The number of carbonyl (C=O) groups is 2. The van der Waals surface area contributed by atoms with Gasteiger partial charge in [0.1, 0.15) is 12.2 Å². The third-order valence-electron chi connectivity index (χ3n) is 4.37. The van der Waals surface area contributed by atoms with Crippen LogP contribution in [-0.2, 0) is 16.2 Å². The fourth-order valence-corrected chi connectivity index (χ4v) is 3.48. The Hall–Kier alpha value is -3.16. The summed E-state index contributed by atoms with van der Waals surface area (Å²) in [4.78, 5) is 26.4. The molecular formula is C23H21ClN2O4S. The lowest BCUT2D eigenvalue weighted by Gasteiger charge is -2.27. The van der Waals surface area contributed by atoms with Crippen LogP contribution >= 0.6 is 23.8 Å². The highest BCUT2D eigenvalue weighted by Gasteiger charge is 2.32. The van der Waals surface area contributed by atoms with Gasteiger partial charge in [0.25, 0.3) is 11.8 Å². The summed E-state index contributed by atoms with van der Waals surface area (Å²) in [6.07, 6.45) is 2.98. The van der Waals surface area contributed by atoms with Gasteiger partial charge in [-0.05, 0) is 48.5 Å². The number of halogens is 1. The van der Waals surface area contributed by atoms with E-state index in [1.807, 2.05) is 37.3 Å². The highest BCUT2D eigenvalue weighted by molar-refractivity contribution is 7.80. The largest absolute Gasteiger partial charge is 0.490 e. The average Bonchev–Trinajstić information content (AvgIpc) is 2.74. The van der Waals surface area contributed by atoms with Gasteiger partial charge in [-0.1, -0.05) is 48.0 Å². The van der Waals surface area contributed by atoms with Gasteiger partial charge in [-0.15, -0.1) is 6.58 Å². The van der Waals surface area contributed by atoms with E-state index in [2.05, 4.69) is 11.9 Å². The van der Waals surface area contributed by atoms with Crippen molar-refractivity contribution in [1.29, 1.82) is 0 Å². The summed E-state index contributed by atoms with van der Waals surface area (Å²) in [7, 11) is 0. The number of benzene rings is 2. The standard InChI is InChI=1S/C23H21ClN2O4S/c1-3-10-26-22(28)17(21(27)25-23(26)31)11-16-12-18(24)20(19(13-16)29-4-2)30-14-15-8-6-5-7-9-15/h3,5-9,11-13H,1,4,10,14H2,2H3,(H,25,27,31)/b17-11+. The summed E-state index contributed by atoms with van der Waals surface area (Å²) in [6, 6.07) is 12.9. The number of ether oxygens (including phenoxy) is 2. The molecule has 0 saturated carbocycles. The predicted molar refractivity (Wildman–Crippen MR) is 124 cm³/mol. The first kappa shape index (κ1) is 22.5. The predicted octanol–water partition coefficient (Wildman–Crippen LogP) is 4.13. The van der Waals surface area contributed by atoms with E-state index in [1.165, 1.54) is 17.1 Å². The fourth-order valence-electron chi connectivity index (χ4n) is 2.96. The summed E-state index contributed by atoms with van der Waals surface area (Å²) in [5, 5.41) is 2.86. The van der Waals surface area contributed by atoms with E-state index in [-0.39, 0.29) is 17.2 Å². The number of hydrogen-bond acceptors (Lipinski definition) is 5. The van der Waals surface area contributed by atoms with E-state index >= 15 is 0 Å². The van der Waals surface area contributed by atoms with Gasteiger partial charge in [0.05, 0.1) is 11.6 Å². The van der Waals surface area contributed by atoms with E-state index in [1.54, 1.807) is 12.1 Å². The minimum Gasteiger partial charge on any atom is -0.490 e.